The molecular formula is C38H44N6O6. The number of nitrogens with one attached hydrogen (secondary N) is 2. The third kappa shape index (κ3) is 5.94. The van der Waals surface area contributed by atoms with Gasteiger partial charge in [0, 0.05) is 46.5 Å². The van der Waals surface area contributed by atoms with Crippen molar-refractivity contribution in [2.24, 2.45) is 0 Å². The zero-order chi connectivity index (χ0) is 34.9. The highest BCUT2D eigenvalue weighted by Crippen LogP contribution is 2.51. The summed E-state index contributed by atoms with van der Waals surface area (Å²) in [6.07, 6.45) is 6.46. The largest absolute Gasteiger partial charge is 0.488 e. The third-order valence-electron chi connectivity index (χ3n) is 9.59. The highest BCUT2D eigenvalue weighted by atomic mass is 16.6. The van der Waals surface area contributed by atoms with E-state index in [1.165, 1.54) is 0 Å². The lowest BCUT2D eigenvalue weighted by atomic mass is 9.87. The molecule has 4 aliphatic heterocycles. The van der Waals surface area contributed by atoms with E-state index in [2.05, 4.69) is 34.2 Å². The molecule has 2 aromatic heterocycles. The Morgan fingerprint density at radius 3 is 1.52 bits per heavy atom. The van der Waals surface area contributed by atoms with Gasteiger partial charge in [-0.25, -0.2) is 19.6 Å². The Morgan fingerprint density at radius 1 is 0.700 bits per heavy atom. The molecule has 0 saturated carbocycles. The first-order chi connectivity index (χ1) is 23.8. The molecule has 2 atom stereocenters. The average molecular weight is 681 g/mol. The molecule has 4 aliphatic rings. The molecule has 12 nitrogen and oxygen atoms in total. The minimum Gasteiger partial charge on any atom is -0.488 e. The Bertz CT molecular complexity index is 1790. The van der Waals surface area contributed by atoms with Crippen LogP contribution in [-0.2, 0) is 22.7 Å². The molecular weight excluding hydrogens is 636 g/mol. The fourth-order valence-corrected chi connectivity index (χ4v) is 7.48. The first-order valence-corrected chi connectivity index (χ1v) is 17.5. The predicted octanol–water partition coefficient (Wildman–Crippen LogP) is 8.06. The molecule has 0 aliphatic carbocycles. The average Bonchev–Trinajstić information content (AvgIpc) is 3.87. The molecule has 8 rings (SSSR count). The van der Waals surface area contributed by atoms with Gasteiger partial charge in [-0.15, -0.1) is 0 Å². The maximum Gasteiger partial charge on any atom is 0.410 e. The summed E-state index contributed by atoms with van der Waals surface area (Å²) in [5, 5.41) is 0. The number of ether oxygens (including phenoxy) is 4. The lowest BCUT2D eigenvalue weighted by molar-refractivity contribution is 0.0208. The number of likely N-dealkylation sites (tertiary alicyclic amines) is 2. The Morgan fingerprint density at radius 2 is 1.12 bits per heavy atom. The SMILES string of the molecule is CC(C)(C)OC(=O)N1CCCC1c1ncc(-c2cc3c4c(c2)OCc2cc(-c5cnc(C6CCCN6C(=O)OC(C)(C)C)[nH]5)cc(c2-4)OC3)[nH]1. The van der Waals surface area contributed by atoms with Crippen LogP contribution in [0.25, 0.3) is 33.6 Å². The lowest BCUT2D eigenvalue weighted by Crippen LogP contribution is -2.36. The molecule has 6 heterocycles. The van der Waals surface area contributed by atoms with Gasteiger partial charge in [-0.1, -0.05) is 0 Å². The molecule has 2 unspecified atom stereocenters. The van der Waals surface area contributed by atoms with E-state index in [-0.39, 0.29) is 24.3 Å². The molecule has 262 valence electrons. The zero-order valence-electron chi connectivity index (χ0n) is 29.5. The predicted molar refractivity (Wildman–Crippen MR) is 186 cm³/mol. The third-order valence-corrected chi connectivity index (χ3v) is 9.59. The summed E-state index contributed by atoms with van der Waals surface area (Å²) >= 11 is 0. The van der Waals surface area contributed by atoms with Crippen molar-refractivity contribution in [2.45, 2.75) is 104 Å². The van der Waals surface area contributed by atoms with E-state index in [1.54, 1.807) is 9.80 Å². The Labute approximate surface area is 291 Å². The molecule has 0 bridgehead atoms. The summed E-state index contributed by atoms with van der Waals surface area (Å²) in [5.74, 6) is 3.11. The minimum absolute atomic E-state index is 0.161. The van der Waals surface area contributed by atoms with E-state index in [1.807, 2.05) is 53.9 Å². The van der Waals surface area contributed by atoms with E-state index in [0.717, 1.165) is 93.6 Å². The Balaban J connectivity index is 1.04. The molecule has 2 aromatic carbocycles. The molecule has 0 spiro atoms. The smallest absolute Gasteiger partial charge is 0.410 e. The number of benzene rings is 2. The van der Waals surface area contributed by atoms with Crippen molar-refractivity contribution in [3.8, 4) is 45.1 Å². The summed E-state index contributed by atoms with van der Waals surface area (Å²) in [6, 6.07) is 8.05. The Kier molecular flexibility index (Phi) is 7.61. The number of imidazole rings is 2. The number of nitrogens with zero attached hydrogens (tertiary/aromatic N) is 4. The zero-order valence-corrected chi connectivity index (χ0v) is 29.5. The minimum atomic E-state index is -0.560. The summed E-state index contributed by atoms with van der Waals surface area (Å²) < 4.78 is 24.1. The van der Waals surface area contributed by atoms with Gasteiger partial charge < -0.3 is 28.9 Å². The number of H-pyrrole nitrogens is 2. The van der Waals surface area contributed by atoms with Crippen LogP contribution in [0.5, 0.6) is 11.5 Å². The van der Waals surface area contributed by atoms with Crippen molar-refractivity contribution < 1.29 is 28.5 Å². The van der Waals surface area contributed by atoms with E-state index < -0.39 is 11.2 Å². The highest BCUT2D eigenvalue weighted by molar-refractivity contribution is 5.88. The fourth-order valence-electron chi connectivity index (χ4n) is 7.48. The number of amides is 2. The maximum atomic E-state index is 12.9. The van der Waals surface area contributed by atoms with E-state index >= 15 is 0 Å². The molecule has 12 heteroatoms. The van der Waals surface area contributed by atoms with Gasteiger partial charge >= 0.3 is 12.2 Å². The number of hydrogen-bond donors (Lipinski definition) is 2. The summed E-state index contributed by atoms with van der Waals surface area (Å²) in [6.45, 7) is 13.4. The van der Waals surface area contributed by atoms with Gasteiger partial charge in [0.1, 0.15) is 47.6 Å². The van der Waals surface area contributed by atoms with Crippen molar-refractivity contribution in [3.05, 3.63) is 59.4 Å². The number of aromatic amines is 2. The molecule has 50 heavy (non-hydrogen) atoms. The molecule has 2 saturated heterocycles. The van der Waals surface area contributed by atoms with Gasteiger partial charge in [-0.05, 0) is 91.5 Å². The van der Waals surface area contributed by atoms with Gasteiger partial charge in [0.2, 0.25) is 0 Å². The standard InChI is InChI=1S/C38H44N6O6/c1-37(2,3)49-35(45)43-11-7-9-27(43)33-39-17-25(41-33)21-13-23-19-48-30-16-22(14-24-20-47-29(15-21)31(23)32(24)30)26-18-40-34(42-26)28-10-8-12-44(28)36(46)50-38(4,5)6/h13-18,27-28H,7-12,19-20H2,1-6H3,(H,39,41)(H,40,42). The lowest BCUT2D eigenvalue weighted by Gasteiger charge is -2.30. The van der Waals surface area contributed by atoms with E-state index in [9.17, 15) is 9.59 Å². The van der Waals surface area contributed by atoms with Crippen LogP contribution in [0.3, 0.4) is 0 Å². The van der Waals surface area contributed by atoms with Gasteiger partial charge in [0.05, 0.1) is 35.9 Å². The quantitative estimate of drug-likeness (QED) is 0.221. The molecule has 2 amide bonds. The highest BCUT2D eigenvalue weighted by Gasteiger charge is 2.37. The molecule has 2 N–H and O–H groups in total. The topological polar surface area (TPSA) is 135 Å². The van der Waals surface area contributed by atoms with Crippen LogP contribution in [0.2, 0.25) is 0 Å². The monoisotopic (exact) mass is 680 g/mol. The molecule has 2 fully saturated rings. The van der Waals surface area contributed by atoms with Gasteiger partial charge in [-0.3, -0.25) is 9.80 Å². The number of rotatable bonds is 4. The second kappa shape index (κ2) is 11.8. The number of aromatic nitrogens is 4. The fraction of sp³-hybridized carbons (Fsp3) is 0.474. The summed E-state index contributed by atoms with van der Waals surface area (Å²) in [4.78, 5) is 45.7. The van der Waals surface area contributed by atoms with Crippen LogP contribution in [0.15, 0.2) is 36.7 Å². The normalized spacial score (nSPS) is 19.6. The second-order valence-corrected chi connectivity index (χ2v) is 15.6. The Hall–Kier alpha value is -5.00. The number of carbonyl (C=O) groups excluding carboxylic acids is 2. The van der Waals surface area contributed by atoms with Gasteiger partial charge in [0.25, 0.3) is 0 Å². The van der Waals surface area contributed by atoms with Crippen molar-refractivity contribution in [1.29, 1.82) is 0 Å². The van der Waals surface area contributed by atoms with Crippen LogP contribution in [-0.4, -0.2) is 66.2 Å². The molecule has 4 aromatic rings. The van der Waals surface area contributed by atoms with Crippen molar-refractivity contribution in [1.82, 2.24) is 29.7 Å². The van der Waals surface area contributed by atoms with Crippen molar-refractivity contribution in [3.63, 3.8) is 0 Å². The number of hydrogen-bond acceptors (Lipinski definition) is 8. The first kappa shape index (κ1) is 32.2. The summed E-state index contributed by atoms with van der Waals surface area (Å²) in [7, 11) is 0. The second-order valence-electron chi connectivity index (χ2n) is 15.6. The van der Waals surface area contributed by atoms with Crippen molar-refractivity contribution >= 4 is 12.2 Å². The summed E-state index contributed by atoms with van der Waals surface area (Å²) in [5.41, 5.74) is 6.68. The molecule has 0 radical (unpaired) electrons. The van der Waals surface area contributed by atoms with Crippen molar-refractivity contribution in [2.75, 3.05) is 13.1 Å². The van der Waals surface area contributed by atoms with Crippen LogP contribution in [0.1, 0.15) is 102 Å². The van der Waals surface area contributed by atoms with Crippen LogP contribution >= 0.6 is 0 Å². The van der Waals surface area contributed by atoms with E-state index in [0.29, 0.717) is 26.3 Å². The van der Waals surface area contributed by atoms with Gasteiger partial charge in [-0.2, -0.15) is 0 Å². The van der Waals surface area contributed by atoms with Crippen LogP contribution < -0.4 is 9.47 Å². The first-order valence-electron chi connectivity index (χ1n) is 17.5. The van der Waals surface area contributed by atoms with E-state index in [4.69, 9.17) is 28.9 Å². The number of carbonyl (C=O) groups is 2. The van der Waals surface area contributed by atoms with Gasteiger partial charge in [0.15, 0.2) is 0 Å². The maximum absolute atomic E-state index is 12.9. The van der Waals surface area contributed by atoms with Crippen LogP contribution in [0.4, 0.5) is 9.59 Å². The van der Waals surface area contributed by atoms with Crippen LogP contribution in [0, 0.1) is 0 Å².